The van der Waals surface area contributed by atoms with Crippen LogP contribution >= 0.6 is 12.4 Å². The van der Waals surface area contributed by atoms with Crippen LogP contribution < -0.4 is 16.4 Å². The molecule has 0 unspecified atom stereocenters. The van der Waals surface area contributed by atoms with E-state index in [1.807, 2.05) is 30.3 Å². The van der Waals surface area contributed by atoms with Gasteiger partial charge in [-0.3, -0.25) is 9.59 Å². The molecule has 0 radical (unpaired) electrons. The van der Waals surface area contributed by atoms with Gasteiger partial charge >= 0.3 is 0 Å². The second-order valence-electron chi connectivity index (χ2n) is 6.95. The molecule has 1 saturated carbocycles. The van der Waals surface area contributed by atoms with E-state index in [4.69, 9.17) is 5.73 Å². The second-order valence-corrected chi connectivity index (χ2v) is 6.95. The number of hydrogen-bond donors (Lipinski definition) is 3. The SMILES string of the molecule is Cl.NCC1(c2ccccc2)CC(NC(=O)c2cccc3c2C(=O)NC3)C1. The number of benzene rings is 2. The Morgan fingerprint density at radius 3 is 2.58 bits per heavy atom. The van der Waals surface area contributed by atoms with E-state index in [1.165, 1.54) is 5.56 Å². The highest BCUT2D eigenvalue weighted by Gasteiger charge is 2.45. The number of rotatable bonds is 4. The minimum absolute atomic E-state index is 0. The first-order valence-corrected chi connectivity index (χ1v) is 8.59. The smallest absolute Gasteiger partial charge is 0.252 e. The van der Waals surface area contributed by atoms with Crippen LogP contribution in [0.15, 0.2) is 48.5 Å². The van der Waals surface area contributed by atoms with E-state index in [9.17, 15) is 9.59 Å². The molecule has 4 N–H and O–H groups in total. The molecule has 1 heterocycles. The number of nitrogens with one attached hydrogen (secondary N) is 2. The van der Waals surface area contributed by atoms with E-state index in [2.05, 4.69) is 22.8 Å². The number of halogens is 1. The molecule has 2 amide bonds. The van der Waals surface area contributed by atoms with Crippen LogP contribution in [0.3, 0.4) is 0 Å². The van der Waals surface area contributed by atoms with Crippen LogP contribution in [0.5, 0.6) is 0 Å². The average molecular weight is 372 g/mol. The van der Waals surface area contributed by atoms with Gasteiger partial charge in [0.05, 0.1) is 11.1 Å². The Balaban J connectivity index is 0.00000196. The molecule has 136 valence electrons. The Kier molecular flexibility index (Phi) is 5.03. The molecule has 6 heteroatoms. The van der Waals surface area contributed by atoms with Gasteiger partial charge in [0, 0.05) is 24.5 Å². The van der Waals surface area contributed by atoms with E-state index in [-0.39, 0.29) is 35.7 Å². The minimum Gasteiger partial charge on any atom is -0.349 e. The summed E-state index contributed by atoms with van der Waals surface area (Å²) in [6, 6.07) is 15.7. The van der Waals surface area contributed by atoms with E-state index in [0.717, 1.165) is 18.4 Å². The van der Waals surface area contributed by atoms with Crippen molar-refractivity contribution in [1.82, 2.24) is 10.6 Å². The number of amides is 2. The highest BCUT2D eigenvalue weighted by Crippen LogP contribution is 2.43. The summed E-state index contributed by atoms with van der Waals surface area (Å²) in [4.78, 5) is 24.7. The van der Waals surface area contributed by atoms with Crippen molar-refractivity contribution >= 4 is 24.2 Å². The summed E-state index contributed by atoms with van der Waals surface area (Å²) in [5.41, 5.74) is 9.04. The van der Waals surface area contributed by atoms with Crippen LogP contribution in [0.1, 0.15) is 44.7 Å². The lowest BCUT2D eigenvalue weighted by Gasteiger charge is -2.48. The van der Waals surface area contributed by atoms with E-state index < -0.39 is 0 Å². The maximum absolute atomic E-state index is 12.7. The summed E-state index contributed by atoms with van der Waals surface area (Å²) < 4.78 is 0. The Labute approximate surface area is 158 Å². The first-order valence-electron chi connectivity index (χ1n) is 8.59. The molecule has 26 heavy (non-hydrogen) atoms. The predicted molar refractivity (Wildman–Crippen MR) is 103 cm³/mol. The van der Waals surface area contributed by atoms with Crippen LogP contribution in [-0.2, 0) is 12.0 Å². The fourth-order valence-corrected chi connectivity index (χ4v) is 4.03. The first-order chi connectivity index (χ1) is 12.1. The van der Waals surface area contributed by atoms with Crippen molar-refractivity contribution in [2.24, 2.45) is 5.73 Å². The van der Waals surface area contributed by atoms with Crippen LogP contribution in [0.4, 0.5) is 0 Å². The maximum Gasteiger partial charge on any atom is 0.252 e. The van der Waals surface area contributed by atoms with Crippen LogP contribution in [0.25, 0.3) is 0 Å². The summed E-state index contributed by atoms with van der Waals surface area (Å²) >= 11 is 0. The molecule has 2 aromatic carbocycles. The molecular formula is C20H22ClN3O2. The van der Waals surface area contributed by atoms with Gasteiger partial charge in [-0.25, -0.2) is 0 Å². The van der Waals surface area contributed by atoms with Gasteiger partial charge < -0.3 is 16.4 Å². The van der Waals surface area contributed by atoms with Gasteiger partial charge in [-0.15, -0.1) is 12.4 Å². The lowest BCUT2D eigenvalue weighted by molar-refractivity contribution is 0.0856. The minimum atomic E-state index is -0.183. The third-order valence-corrected chi connectivity index (χ3v) is 5.45. The molecule has 2 aliphatic rings. The molecule has 1 aliphatic carbocycles. The summed E-state index contributed by atoms with van der Waals surface area (Å²) in [5, 5.41) is 5.84. The average Bonchev–Trinajstić information content (AvgIpc) is 3.00. The van der Waals surface area contributed by atoms with Crippen LogP contribution in [0.2, 0.25) is 0 Å². The summed E-state index contributed by atoms with van der Waals surface area (Å²) in [5.74, 6) is -0.354. The zero-order chi connectivity index (χ0) is 17.4. The molecule has 0 bridgehead atoms. The standard InChI is InChI=1S/C20H21N3O2.ClH/c21-12-20(14-6-2-1-3-7-14)9-15(10-20)23-18(24)16-8-4-5-13-11-22-19(25)17(13)16;/h1-8,15H,9-12,21H2,(H,22,25)(H,23,24);1H. The molecule has 2 aromatic rings. The lowest BCUT2D eigenvalue weighted by Crippen LogP contribution is -2.56. The van der Waals surface area contributed by atoms with Crippen molar-refractivity contribution in [3.63, 3.8) is 0 Å². The normalized spacial score (nSPS) is 23.3. The monoisotopic (exact) mass is 371 g/mol. The second kappa shape index (κ2) is 7.09. The highest BCUT2D eigenvalue weighted by molar-refractivity contribution is 6.09. The summed E-state index contributed by atoms with van der Waals surface area (Å²) in [6.45, 7) is 1.05. The fraction of sp³-hybridized carbons (Fsp3) is 0.300. The van der Waals surface area contributed by atoms with Crippen molar-refractivity contribution in [1.29, 1.82) is 0 Å². The lowest BCUT2D eigenvalue weighted by atomic mass is 9.61. The topological polar surface area (TPSA) is 84.2 Å². The molecule has 0 spiro atoms. The third kappa shape index (κ3) is 2.97. The van der Waals surface area contributed by atoms with Crippen molar-refractivity contribution in [2.75, 3.05) is 6.54 Å². The molecule has 0 saturated heterocycles. The zero-order valence-corrected chi connectivity index (χ0v) is 15.1. The number of carbonyl (C=O) groups excluding carboxylic acids is 2. The van der Waals surface area contributed by atoms with Crippen molar-refractivity contribution < 1.29 is 9.59 Å². The number of hydrogen-bond acceptors (Lipinski definition) is 3. The van der Waals surface area contributed by atoms with Crippen LogP contribution in [0, 0.1) is 0 Å². The van der Waals surface area contributed by atoms with Crippen molar-refractivity contribution in [3.8, 4) is 0 Å². The first kappa shape index (κ1) is 18.4. The Hall–Kier alpha value is -2.37. The highest BCUT2D eigenvalue weighted by atomic mass is 35.5. The molecule has 1 fully saturated rings. The predicted octanol–water partition coefficient (Wildman–Crippen LogP) is 2.14. The van der Waals surface area contributed by atoms with E-state index in [0.29, 0.717) is 24.2 Å². The molecule has 5 nitrogen and oxygen atoms in total. The van der Waals surface area contributed by atoms with Gasteiger partial charge in [0.1, 0.15) is 0 Å². The van der Waals surface area contributed by atoms with Gasteiger partial charge in [0.2, 0.25) is 0 Å². The molecule has 1 aliphatic heterocycles. The third-order valence-electron chi connectivity index (χ3n) is 5.45. The molecule has 0 aromatic heterocycles. The van der Waals surface area contributed by atoms with Gasteiger partial charge in [-0.05, 0) is 30.0 Å². The zero-order valence-electron chi connectivity index (χ0n) is 14.3. The maximum atomic E-state index is 12.7. The molecule has 4 rings (SSSR count). The fourth-order valence-electron chi connectivity index (χ4n) is 4.03. The van der Waals surface area contributed by atoms with E-state index in [1.54, 1.807) is 6.07 Å². The van der Waals surface area contributed by atoms with Crippen molar-refractivity contribution in [2.45, 2.75) is 30.8 Å². The number of fused-ring (bicyclic) bond motifs is 1. The van der Waals surface area contributed by atoms with Gasteiger partial charge in [0.25, 0.3) is 11.8 Å². The summed E-state index contributed by atoms with van der Waals surface area (Å²) in [6.07, 6.45) is 1.64. The Morgan fingerprint density at radius 1 is 1.15 bits per heavy atom. The quantitative estimate of drug-likeness (QED) is 0.769. The van der Waals surface area contributed by atoms with E-state index >= 15 is 0 Å². The van der Waals surface area contributed by atoms with Crippen LogP contribution in [-0.4, -0.2) is 24.4 Å². The largest absolute Gasteiger partial charge is 0.349 e. The Bertz CT molecular complexity index is 832. The van der Waals surface area contributed by atoms with Crippen molar-refractivity contribution in [3.05, 3.63) is 70.8 Å². The number of nitrogens with two attached hydrogens (primary N) is 1. The van der Waals surface area contributed by atoms with Gasteiger partial charge in [-0.1, -0.05) is 42.5 Å². The van der Waals surface area contributed by atoms with Gasteiger partial charge in [-0.2, -0.15) is 0 Å². The Morgan fingerprint density at radius 2 is 1.88 bits per heavy atom. The molecule has 0 atom stereocenters. The van der Waals surface area contributed by atoms with Gasteiger partial charge in [0.15, 0.2) is 0 Å². The number of carbonyl (C=O) groups is 2. The molecular weight excluding hydrogens is 350 g/mol. The summed E-state index contributed by atoms with van der Waals surface area (Å²) in [7, 11) is 0.